The van der Waals surface area contributed by atoms with Crippen molar-refractivity contribution in [3.05, 3.63) is 58.1 Å². The fourth-order valence-electron chi connectivity index (χ4n) is 2.27. The number of sulfonamides is 1. The molecule has 0 bridgehead atoms. The zero-order valence-electron chi connectivity index (χ0n) is 16.5. The molecule has 31 heavy (non-hydrogen) atoms. The van der Waals surface area contributed by atoms with Crippen LogP contribution in [0.15, 0.2) is 47.6 Å². The summed E-state index contributed by atoms with van der Waals surface area (Å²) < 4.78 is 34.9. The van der Waals surface area contributed by atoms with Gasteiger partial charge in [-0.2, -0.15) is 5.10 Å². The fourth-order valence-corrected chi connectivity index (χ4v) is 3.41. The summed E-state index contributed by atoms with van der Waals surface area (Å²) in [5.41, 5.74) is 3.02. The number of carbonyl (C=O) groups excluding carboxylic acids is 2. The van der Waals surface area contributed by atoms with Gasteiger partial charge in [0.25, 0.3) is 5.91 Å². The molecule has 1 N–H and O–H groups in total. The van der Waals surface area contributed by atoms with Crippen molar-refractivity contribution in [2.45, 2.75) is 0 Å². The van der Waals surface area contributed by atoms with E-state index >= 15 is 0 Å². The van der Waals surface area contributed by atoms with Gasteiger partial charge in [0.05, 0.1) is 35.3 Å². The lowest BCUT2D eigenvalue weighted by atomic mass is 10.2. The van der Waals surface area contributed by atoms with E-state index in [-0.39, 0.29) is 22.3 Å². The molecule has 0 radical (unpaired) electrons. The number of nitrogens with zero attached hydrogens (tertiary/aromatic N) is 2. The first kappa shape index (κ1) is 24.4. The molecule has 0 spiro atoms. The van der Waals surface area contributed by atoms with Crippen molar-refractivity contribution in [1.29, 1.82) is 0 Å². The topological polar surface area (TPSA) is 114 Å². The van der Waals surface area contributed by atoms with E-state index in [4.69, 9.17) is 27.9 Å². The van der Waals surface area contributed by atoms with Crippen LogP contribution in [0.2, 0.25) is 10.0 Å². The average Bonchev–Trinajstić information content (AvgIpc) is 2.72. The standard InChI is InChI=1S/C19H19Cl2N3O6S/c1-29-19(26)12-30-15-5-3-4-13(8-15)10-22-23-18(25)11-24(31(2,27)28)14-6-7-16(20)17(21)9-14/h3-10H,11-12H2,1-2H3,(H,23,25)/b22-10+. The molecule has 0 saturated carbocycles. The van der Waals surface area contributed by atoms with Crippen LogP contribution < -0.4 is 14.5 Å². The highest BCUT2D eigenvalue weighted by atomic mass is 35.5. The molecule has 0 aliphatic carbocycles. The first-order valence-corrected chi connectivity index (χ1v) is 11.2. The summed E-state index contributed by atoms with van der Waals surface area (Å²) in [4.78, 5) is 23.4. The monoisotopic (exact) mass is 487 g/mol. The molecule has 0 heterocycles. The van der Waals surface area contributed by atoms with Crippen LogP contribution in [0, 0.1) is 0 Å². The van der Waals surface area contributed by atoms with Gasteiger partial charge in [-0.05, 0) is 35.9 Å². The Labute approximate surface area is 189 Å². The molecular formula is C19H19Cl2N3O6S. The number of halogens is 2. The van der Waals surface area contributed by atoms with Crippen molar-refractivity contribution < 1.29 is 27.5 Å². The number of hydrogen-bond acceptors (Lipinski definition) is 7. The average molecular weight is 488 g/mol. The van der Waals surface area contributed by atoms with Crippen LogP contribution in [0.3, 0.4) is 0 Å². The summed E-state index contributed by atoms with van der Waals surface area (Å²) in [5.74, 6) is -0.793. The number of anilines is 1. The molecule has 2 aromatic rings. The number of rotatable bonds is 9. The second-order valence-electron chi connectivity index (χ2n) is 6.10. The summed E-state index contributed by atoms with van der Waals surface area (Å²) in [7, 11) is -2.52. The molecule has 0 atom stereocenters. The van der Waals surface area contributed by atoms with Crippen molar-refractivity contribution in [3.63, 3.8) is 0 Å². The van der Waals surface area contributed by atoms with Gasteiger partial charge in [0.2, 0.25) is 10.0 Å². The number of hydrogen-bond donors (Lipinski definition) is 1. The van der Waals surface area contributed by atoms with Gasteiger partial charge in [-0.3, -0.25) is 9.10 Å². The Hall–Kier alpha value is -2.82. The maximum atomic E-state index is 12.2. The maximum absolute atomic E-state index is 12.2. The van der Waals surface area contributed by atoms with Crippen LogP contribution in [-0.4, -0.2) is 53.0 Å². The lowest BCUT2D eigenvalue weighted by Crippen LogP contribution is -2.39. The molecule has 2 rings (SSSR count). The summed E-state index contributed by atoms with van der Waals surface area (Å²) >= 11 is 11.8. The van der Waals surface area contributed by atoms with E-state index in [9.17, 15) is 18.0 Å². The van der Waals surface area contributed by atoms with Crippen LogP contribution in [0.25, 0.3) is 0 Å². The van der Waals surface area contributed by atoms with Crippen LogP contribution in [-0.2, 0) is 24.3 Å². The van der Waals surface area contributed by atoms with E-state index in [0.717, 1.165) is 10.6 Å². The zero-order chi connectivity index (χ0) is 23.0. The quantitative estimate of drug-likeness (QED) is 0.330. The van der Waals surface area contributed by atoms with E-state index < -0.39 is 28.4 Å². The number of ether oxygens (including phenoxy) is 2. The molecule has 12 heteroatoms. The van der Waals surface area contributed by atoms with Gasteiger partial charge in [-0.15, -0.1) is 0 Å². The molecule has 166 valence electrons. The second kappa shape index (κ2) is 11.0. The molecule has 0 fully saturated rings. The Morgan fingerprint density at radius 3 is 2.55 bits per heavy atom. The van der Waals surface area contributed by atoms with Crippen LogP contribution in [0.5, 0.6) is 5.75 Å². The lowest BCUT2D eigenvalue weighted by molar-refractivity contribution is -0.142. The van der Waals surface area contributed by atoms with Gasteiger partial charge in [-0.25, -0.2) is 18.6 Å². The van der Waals surface area contributed by atoms with Crippen molar-refractivity contribution in [1.82, 2.24) is 5.43 Å². The number of esters is 1. The number of methoxy groups -OCH3 is 1. The SMILES string of the molecule is COC(=O)COc1cccc(/C=N/NC(=O)CN(c2ccc(Cl)c(Cl)c2)S(C)(=O)=O)c1. The third-order valence-corrected chi connectivity index (χ3v) is 5.60. The van der Waals surface area contributed by atoms with E-state index in [1.54, 1.807) is 24.3 Å². The van der Waals surface area contributed by atoms with E-state index in [0.29, 0.717) is 11.3 Å². The van der Waals surface area contributed by atoms with Crippen molar-refractivity contribution in [2.24, 2.45) is 5.10 Å². The minimum atomic E-state index is -3.78. The molecule has 0 aromatic heterocycles. The van der Waals surface area contributed by atoms with Crippen molar-refractivity contribution in [2.75, 3.05) is 30.8 Å². The molecule has 0 aliphatic heterocycles. The van der Waals surface area contributed by atoms with E-state index in [1.165, 1.54) is 31.5 Å². The number of amides is 1. The molecule has 0 saturated heterocycles. The predicted octanol–water partition coefficient (Wildman–Crippen LogP) is 2.46. The van der Waals surface area contributed by atoms with Gasteiger partial charge in [0, 0.05) is 0 Å². The van der Waals surface area contributed by atoms with Gasteiger partial charge >= 0.3 is 5.97 Å². The number of benzene rings is 2. The highest BCUT2D eigenvalue weighted by Gasteiger charge is 2.21. The fraction of sp³-hybridized carbons (Fsp3) is 0.211. The normalized spacial score (nSPS) is 11.2. The smallest absolute Gasteiger partial charge is 0.343 e. The lowest BCUT2D eigenvalue weighted by Gasteiger charge is -2.21. The first-order chi connectivity index (χ1) is 14.6. The van der Waals surface area contributed by atoms with Crippen LogP contribution in [0.4, 0.5) is 5.69 Å². The Morgan fingerprint density at radius 1 is 1.16 bits per heavy atom. The van der Waals surface area contributed by atoms with E-state index in [2.05, 4.69) is 15.3 Å². The van der Waals surface area contributed by atoms with Crippen molar-refractivity contribution >= 4 is 57.0 Å². The predicted molar refractivity (Wildman–Crippen MR) is 118 cm³/mol. The highest BCUT2D eigenvalue weighted by molar-refractivity contribution is 7.92. The van der Waals surface area contributed by atoms with E-state index in [1.807, 2.05) is 0 Å². The number of hydrazone groups is 1. The molecule has 1 amide bonds. The summed E-state index contributed by atoms with van der Waals surface area (Å²) in [5, 5.41) is 4.22. The largest absolute Gasteiger partial charge is 0.482 e. The Kier molecular flexibility index (Phi) is 8.66. The van der Waals surface area contributed by atoms with Gasteiger partial charge in [-0.1, -0.05) is 35.3 Å². The third kappa shape index (κ3) is 7.74. The molecule has 0 aliphatic rings. The number of nitrogens with one attached hydrogen (secondary N) is 1. The third-order valence-electron chi connectivity index (χ3n) is 3.72. The molecule has 2 aromatic carbocycles. The molecule has 9 nitrogen and oxygen atoms in total. The Bertz CT molecular complexity index is 1090. The minimum absolute atomic E-state index is 0.153. The van der Waals surface area contributed by atoms with Gasteiger partial charge < -0.3 is 9.47 Å². The van der Waals surface area contributed by atoms with Crippen LogP contribution >= 0.6 is 23.2 Å². The Balaban J connectivity index is 2.03. The van der Waals surface area contributed by atoms with Crippen LogP contribution in [0.1, 0.15) is 5.56 Å². The number of carbonyl (C=O) groups is 2. The maximum Gasteiger partial charge on any atom is 0.343 e. The summed E-state index contributed by atoms with van der Waals surface area (Å²) in [6.45, 7) is -0.764. The van der Waals surface area contributed by atoms with Gasteiger partial charge in [0.15, 0.2) is 6.61 Å². The molecule has 0 unspecified atom stereocenters. The molecular weight excluding hydrogens is 469 g/mol. The second-order valence-corrected chi connectivity index (χ2v) is 8.82. The Morgan fingerprint density at radius 2 is 1.90 bits per heavy atom. The minimum Gasteiger partial charge on any atom is -0.482 e. The highest BCUT2D eigenvalue weighted by Crippen LogP contribution is 2.28. The summed E-state index contributed by atoms with van der Waals surface area (Å²) in [6.07, 6.45) is 2.30. The van der Waals surface area contributed by atoms with Crippen molar-refractivity contribution in [3.8, 4) is 5.75 Å². The van der Waals surface area contributed by atoms with Gasteiger partial charge in [0.1, 0.15) is 12.3 Å². The first-order valence-electron chi connectivity index (χ1n) is 8.64. The zero-order valence-corrected chi connectivity index (χ0v) is 18.9. The summed E-state index contributed by atoms with van der Waals surface area (Å²) in [6, 6.07) is 10.8.